The van der Waals surface area contributed by atoms with E-state index in [-0.39, 0.29) is 5.97 Å². The first-order valence-electron chi connectivity index (χ1n) is 2.69. The molecule has 0 aromatic rings. The fraction of sp³-hybridized carbons (Fsp3) is 0.500. The van der Waals surface area contributed by atoms with Crippen LogP contribution in [0.1, 0.15) is 19.8 Å². The molecule has 44 valence electrons. The van der Waals surface area contributed by atoms with Crippen LogP contribution in [-0.2, 0) is 0 Å². The first-order chi connectivity index (χ1) is 3.79. The molecule has 1 rings (SSSR count). The maximum atomic E-state index is 12.1. The van der Waals surface area contributed by atoms with E-state index in [0.717, 1.165) is 12.1 Å². The van der Waals surface area contributed by atoms with E-state index in [1.54, 1.807) is 6.92 Å². The summed E-state index contributed by atoms with van der Waals surface area (Å²) < 4.78 is 12.1. The Morgan fingerprint density at radius 1 is 1.75 bits per heavy atom. The van der Waals surface area contributed by atoms with Crippen molar-refractivity contribution in [3.8, 4) is 0 Å². The van der Waals surface area contributed by atoms with Gasteiger partial charge in [0, 0.05) is 12.1 Å². The predicted molar refractivity (Wildman–Crippen MR) is 31.5 cm³/mol. The minimum absolute atomic E-state index is 0.231. The molecule has 0 aromatic carbocycles. The minimum Gasteiger partial charge on any atom is -0.229 e. The molecule has 0 unspecified atom stereocenters. The van der Waals surface area contributed by atoms with Crippen LogP contribution in [0.4, 0.5) is 4.39 Å². The van der Waals surface area contributed by atoms with E-state index < -0.39 is 0 Å². The predicted octanol–water partition coefficient (Wildman–Crippen LogP) is 2.05. The van der Waals surface area contributed by atoms with Crippen LogP contribution in [0.3, 0.4) is 0 Å². The molecular formula is C6H8FN. The van der Waals surface area contributed by atoms with E-state index in [1.165, 1.54) is 0 Å². The molecule has 0 bridgehead atoms. The SMILES string of the molecule is CC1=CCCC(F)=N1. The number of hydrogen-bond donors (Lipinski definition) is 0. The highest BCUT2D eigenvalue weighted by Crippen LogP contribution is 2.09. The third kappa shape index (κ3) is 1.15. The summed E-state index contributed by atoms with van der Waals surface area (Å²) in [4.78, 5) is 3.59. The number of allylic oxidation sites excluding steroid dienone is 2. The molecule has 0 amide bonds. The Kier molecular flexibility index (Phi) is 1.42. The topological polar surface area (TPSA) is 12.4 Å². The fourth-order valence-electron chi connectivity index (χ4n) is 0.693. The molecule has 0 atom stereocenters. The summed E-state index contributed by atoms with van der Waals surface area (Å²) in [7, 11) is 0. The van der Waals surface area contributed by atoms with Gasteiger partial charge >= 0.3 is 0 Å². The van der Waals surface area contributed by atoms with Crippen LogP contribution >= 0.6 is 0 Å². The van der Waals surface area contributed by atoms with Gasteiger partial charge in [0.2, 0.25) is 0 Å². The summed E-state index contributed by atoms with van der Waals surface area (Å²) in [5.74, 6) is -0.231. The minimum atomic E-state index is -0.231. The molecule has 0 fully saturated rings. The van der Waals surface area contributed by atoms with Crippen molar-refractivity contribution >= 4 is 5.97 Å². The Morgan fingerprint density at radius 3 is 2.88 bits per heavy atom. The zero-order valence-electron chi connectivity index (χ0n) is 4.82. The Morgan fingerprint density at radius 2 is 2.50 bits per heavy atom. The Bertz CT molecular complexity index is 147. The molecular weight excluding hydrogens is 105 g/mol. The Balaban J connectivity index is 2.69. The third-order valence-electron chi connectivity index (χ3n) is 1.09. The first kappa shape index (κ1) is 5.48. The molecule has 0 saturated heterocycles. The summed E-state index contributed by atoms with van der Waals surface area (Å²) in [5, 5.41) is 0. The van der Waals surface area contributed by atoms with Crippen LogP contribution in [-0.4, -0.2) is 5.97 Å². The van der Waals surface area contributed by atoms with E-state index in [1.807, 2.05) is 6.08 Å². The van der Waals surface area contributed by atoms with Gasteiger partial charge in [-0.2, -0.15) is 4.39 Å². The van der Waals surface area contributed by atoms with Gasteiger partial charge in [-0.15, -0.1) is 0 Å². The normalized spacial score (nSPS) is 19.8. The molecule has 1 aliphatic rings. The quantitative estimate of drug-likeness (QED) is 0.456. The maximum absolute atomic E-state index is 12.1. The standard InChI is InChI=1S/C6H8FN/c1-5-3-2-4-6(7)8-5/h3H,2,4H2,1H3. The van der Waals surface area contributed by atoms with Crippen LogP contribution in [0.2, 0.25) is 0 Å². The van der Waals surface area contributed by atoms with Crippen molar-refractivity contribution in [3.63, 3.8) is 0 Å². The second-order valence-electron chi connectivity index (χ2n) is 1.87. The van der Waals surface area contributed by atoms with Crippen molar-refractivity contribution in [2.24, 2.45) is 4.99 Å². The third-order valence-corrected chi connectivity index (χ3v) is 1.09. The highest BCUT2D eigenvalue weighted by molar-refractivity contribution is 5.76. The van der Waals surface area contributed by atoms with E-state index in [0.29, 0.717) is 6.42 Å². The van der Waals surface area contributed by atoms with Gasteiger partial charge in [0.05, 0.1) is 0 Å². The van der Waals surface area contributed by atoms with Gasteiger partial charge in [-0.3, -0.25) is 0 Å². The highest BCUT2D eigenvalue weighted by atomic mass is 19.1. The largest absolute Gasteiger partial charge is 0.229 e. The van der Waals surface area contributed by atoms with Crippen molar-refractivity contribution in [3.05, 3.63) is 11.8 Å². The lowest BCUT2D eigenvalue weighted by molar-refractivity contribution is 0.745. The molecule has 0 spiro atoms. The molecule has 1 aliphatic heterocycles. The van der Waals surface area contributed by atoms with E-state index in [2.05, 4.69) is 4.99 Å². The van der Waals surface area contributed by atoms with Gasteiger partial charge in [-0.1, -0.05) is 6.08 Å². The van der Waals surface area contributed by atoms with E-state index >= 15 is 0 Å². The number of rotatable bonds is 0. The van der Waals surface area contributed by atoms with Crippen LogP contribution in [0.5, 0.6) is 0 Å². The van der Waals surface area contributed by atoms with Gasteiger partial charge in [0.1, 0.15) is 0 Å². The number of nitrogens with zero attached hydrogens (tertiary/aromatic N) is 1. The summed E-state index contributed by atoms with van der Waals surface area (Å²) in [6.45, 7) is 1.80. The van der Waals surface area contributed by atoms with Gasteiger partial charge < -0.3 is 0 Å². The number of aliphatic imine (C=N–C) groups is 1. The second-order valence-corrected chi connectivity index (χ2v) is 1.87. The Labute approximate surface area is 47.9 Å². The average Bonchev–Trinajstić information content (AvgIpc) is 1.64. The van der Waals surface area contributed by atoms with Gasteiger partial charge in [-0.05, 0) is 13.3 Å². The lowest BCUT2D eigenvalue weighted by atomic mass is 10.2. The number of hydrogen-bond acceptors (Lipinski definition) is 1. The van der Waals surface area contributed by atoms with Gasteiger partial charge in [-0.25, -0.2) is 4.99 Å². The summed E-state index contributed by atoms with van der Waals surface area (Å²) >= 11 is 0. The van der Waals surface area contributed by atoms with E-state index in [9.17, 15) is 4.39 Å². The lowest BCUT2D eigenvalue weighted by Crippen LogP contribution is -1.93. The molecule has 1 nitrogen and oxygen atoms in total. The van der Waals surface area contributed by atoms with E-state index in [4.69, 9.17) is 0 Å². The van der Waals surface area contributed by atoms with Crippen LogP contribution in [0.15, 0.2) is 16.8 Å². The van der Waals surface area contributed by atoms with Crippen molar-refractivity contribution in [1.29, 1.82) is 0 Å². The maximum Gasteiger partial charge on any atom is 0.189 e. The van der Waals surface area contributed by atoms with Crippen molar-refractivity contribution in [1.82, 2.24) is 0 Å². The first-order valence-corrected chi connectivity index (χ1v) is 2.69. The zero-order valence-corrected chi connectivity index (χ0v) is 4.82. The smallest absolute Gasteiger partial charge is 0.189 e. The van der Waals surface area contributed by atoms with Crippen LogP contribution in [0.25, 0.3) is 0 Å². The molecule has 0 radical (unpaired) electrons. The lowest BCUT2D eigenvalue weighted by Gasteiger charge is -2.00. The second kappa shape index (κ2) is 2.07. The van der Waals surface area contributed by atoms with Crippen LogP contribution in [0, 0.1) is 0 Å². The summed E-state index contributed by atoms with van der Waals surface area (Å²) in [5.41, 5.74) is 0.800. The average molecular weight is 113 g/mol. The number of halogens is 1. The summed E-state index contributed by atoms with van der Waals surface area (Å²) in [6, 6.07) is 0. The molecule has 0 aromatic heterocycles. The Hall–Kier alpha value is -0.660. The molecule has 0 saturated carbocycles. The van der Waals surface area contributed by atoms with Gasteiger partial charge in [0.15, 0.2) is 5.97 Å². The monoisotopic (exact) mass is 113 g/mol. The molecule has 1 heterocycles. The van der Waals surface area contributed by atoms with Crippen molar-refractivity contribution in [2.45, 2.75) is 19.8 Å². The summed E-state index contributed by atoms with van der Waals surface area (Å²) in [6.07, 6.45) is 3.22. The highest BCUT2D eigenvalue weighted by Gasteiger charge is 2.00. The zero-order chi connectivity index (χ0) is 5.98. The molecule has 8 heavy (non-hydrogen) atoms. The fourth-order valence-corrected chi connectivity index (χ4v) is 0.693. The van der Waals surface area contributed by atoms with Crippen molar-refractivity contribution in [2.75, 3.05) is 0 Å². The molecule has 0 N–H and O–H groups in total. The van der Waals surface area contributed by atoms with Crippen LogP contribution < -0.4 is 0 Å². The molecule has 2 heteroatoms. The molecule has 0 aliphatic carbocycles. The van der Waals surface area contributed by atoms with Gasteiger partial charge in [0.25, 0.3) is 0 Å². The van der Waals surface area contributed by atoms with Crippen molar-refractivity contribution < 1.29 is 4.39 Å².